The van der Waals surface area contributed by atoms with Crippen molar-refractivity contribution in [2.45, 2.75) is 28.5 Å². The first-order valence-electron chi connectivity index (χ1n) is 10.6. The normalized spacial score (nSPS) is 10.6. The van der Waals surface area contributed by atoms with E-state index in [0.29, 0.717) is 18.7 Å². The van der Waals surface area contributed by atoms with Crippen LogP contribution >= 0.6 is 23.5 Å². The van der Waals surface area contributed by atoms with Gasteiger partial charge in [-0.1, -0.05) is 41.6 Å². The van der Waals surface area contributed by atoms with Gasteiger partial charge in [0.1, 0.15) is 0 Å². The van der Waals surface area contributed by atoms with Crippen molar-refractivity contribution < 1.29 is 14.3 Å². The van der Waals surface area contributed by atoms with Crippen LogP contribution in [-0.4, -0.2) is 37.8 Å². The highest BCUT2D eigenvalue weighted by Gasteiger charge is 2.13. The number of carbonyl (C=O) groups is 2. The van der Waals surface area contributed by atoms with Gasteiger partial charge < -0.3 is 15.4 Å². The Hall–Kier alpha value is -2.74. The second-order valence-electron chi connectivity index (χ2n) is 7.48. The summed E-state index contributed by atoms with van der Waals surface area (Å²) in [6.45, 7) is 5.14. The third-order valence-corrected chi connectivity index (χ3v) is 7.05. The van der Waals surface area contributed by atoms with Crippen LogP contribution in [0, 0.1) is 13.8 Å². The van der Waals surface area contributed by atoms with Gasteiger partial charge in [0, 0.05) is 34.0 Å². The molecule has 0 saturated carbocycles. The van der Waals surface area contributed by atoms with E-state index in [2.05, 4.69) is 42.7 Å². The van der Waals surface area contributed by atoms with Crippen LogP contribution in [0.15, 0.2) is 81.4 Å². The van der Waals surface area contributed by atoms with Gasteiger partial charge in [-0.05, 0) is 61.9 Å². The van der Waals surface area contributed by atoms with E-state index in [1.165, 1.54) is 27.8 Å². The van der Waals surface area contributed by atoms with Gasteiger partial charge in [-0.25, -0.2) is 0 Å². The highest BCUT2D eigenvalue weighted by atomic mass is 32.2. The Morgan fingerprint density at radius 2 is 1.70 bits per heavy atom. The molecule has 0 saturated heterocycles. The number of amides is 2. The number of hydrogen-bond acceptors (Lipinski definition) is 5. The predicted molar refractivity (Wildman–Crippen MR) is 136 cm³/mol. The SMILES string of the molecule is COCCNC(=O)CSc1ccccc1C(=O)Nc1ccc(Sc2ccc(C)cc2C)cc1. The second-order valence-corrected chi connectivity index (χ2v) is 9.61. The van der Waals surface area contributed by atoms with Crippen LogP contribution < -0.4 is 10.6 Å². The number of thioether (sulfide) groups is 1. The molecule has 33 heavy (non-hydrogen) atoms. The molecule has 0 atom stereocenters. The summed E-state index contributed by atoms with van der Waals surface area (Å²) < 4.78 is 4.93. The van der Waals surface area contributed by atoms with E-state index in [-0.39, 0.29) is 17.6 Å². The van der Waals surface area contributed by atoms with Crippen molar-refractivity contribution in [2.24, 2.45) is 0 Å². The Labute approximate surface area is 203 Å². The van der Waals surface area contributed by atoms with E-state index in [0.717, 1.165) is 15.5 Å². The number of rotatable bonds is 10. The van der Waals surface area contributed by atoms with Gasteiger partial charge in [0.05, 0.1) is 17.9 Å². The highest BCUT2D eigenvalue weighted by molar-refractivity contribution is 8.00. The van der Waals surface area contributed by atoms with Gasteiger partial charge in [-0.15, -0.1) is 11.8 Å². The van der Waals surface area contributed by atoms with Crippen molar-refractivity contribution in [3.8, 4) is 0 Å². The lowest BCUT2D eigenvalue weighted by Crippen LogP contribution is -2.28. The van der Waals surface area contributed by atoms with Gasteiger partial charge in [-0.3, -0.25) is 9.59 Å². The second kappa shape index (κ2) is 12.5. The molecular formula is C26H28N2O3S2. The maximum absolute atomic E-state index is 12.9. The number of anilines is 1. The van der Waals surface area contributed by atoms with Crippen LogP contribution in [0.4, 0.5) is 5.69 Å². The highest BCUT2D eigenvalue weighted by Crippen LogP contribution is 2.31. The Balaban J connectivity index is 1.60. The Bertz CT molecular complexity index is 1100. The van der Waals surface area contributed by atoms with Crippen LogP contribution in [0.25, 0.3) is 0 Å². The van der Waals surface area contributed by atoms with Crippen molar-refractivity contribution in [1.82, 2.24) is 5.32 Å². The zero-order valence-corrected chi connectivity index (χ0v) is 20.6. The Kier molecular flexibility index (Phi) is 9.42. The molecule has 3 rings (SSSR count). The zero-order chi connectivity index (χ0) is 23.6. The average molecular weight is 481 g/mol. The molecule has 0 fully saturated rings. The standard InChI is InChI=1S/C26H28N2O3S2/c1-18-8-13-23(19(2)16-18)33-21-11-9-20(10-12-21)28-26(30)22-6-4-5-7-24(22)32-17-25(29)27-14-15-31-3/h4-13,16H,14-15,17H2,1-3H3,(H,27,29)(H,28,30). The molecule has 0 bridgehead atoms. The molecule has 0 aliphatic heterocycles. The molecule has 0 heterocycles. The number of aryl methyl sites for hydroxylation is 2. The van der Waals surface area contributed by atoms with Crippen molar-refractivity contribution in [2.75, 3.05) is 31.3 Å². The summed E-state index contributed by atoms with van der Waals surface area (Å²) in [4.78, 5) is 28.0. The minimum atomic E-state index is -0.201. The largest absolute Gasteiger partial charge is 0.383 e. The summed E-state index contributed by atoms with van der Waals surface area (Å²) in [6.07, 6.45) is 0. The minimum absolute atomic E-state index is 0.0934. The van der Waals surface area contributed by atoms with Gasteiger partial charge in [-0.2, -0.15) is 0 Å². The fourth-order valence-electron chi connectivity index (χ4n) is 3.11. The molecule has 2 N–H and O–H groups in total. The van der Waals surface area contributed by atoms with E-state index >= 15 is 0 Å². The lowest BCUT2D eigenvalue weighted by molar-refractivity contribution is -0.118. The molecule has 0 aliphatic carbocycles. The predicted octanol–water partition coefficient (Wildman–Crippen LogP) is 5.56. The first-order chi connectivity index (χ1) is 16.0. The Morgan fingerprint density at radius 1 is 0.939 bits per heavy atom. The molecule has 3 aromatic carbocycles. The monoisotopic (exact) mass is 480 g/mol. The smallest absolute Gasteiger partial charge is 0.256 e. The molecule has 0 unspecified atom stereocenters. The molecule has 0 aromatic heterocycles. The molecule has 0 aliphatic rings. The lowest BCUT2D eigenvalue weighted by Gasteiger charge is -2.11. The van der Waals surface area contributed by atoms with E-state index in [1.807, 2.05) is 42.5 Å². The summed E-state index contributed by atoms with van der Waals surface area (Å²) in [7, 11) is 1.59. The van der Waals surface area contributed by atoms with E-state index in [1.54, 1.807) is 24.9 Å². The number of methoxy groups -OCH3 is 1. The van der Waals surface area contributed by atoms with Gasteiger partial charge in [0.2, 0.25) is 5.91 Å². The van der Waals surface area contributed by atoms with Crippen LogP contribution in [0.2, 0.25) is 0 Å². The summed E-state index contributed by atoms with van der Waals surface area (Å²) in [6, 6.07) is 21.6. The first kappa shape index (κ1) is 24.9. The third kappa shape index (κ3) is 7.67. The molecule has 172 valence electrons. The average Bonchev–Trinajstić information content (AvgIpc) is 2.81. The first-order valence-corrected chi connectivity index (χ1v) is 12.4. The maximum Gasteiger partial charge on any atom is 0.256 e. The molecular weight excluding hydrogens is 452 g/mol. The summed E-state index contributed by atoms with van der Waals surface area (Å²) in [5, 5.41) is 5.74. The molecule has 5 nitrogen and oxygen atoms in total. The van der Waals surface area contributed by atoms with Crippen LogP contribution in [0.3, 0.4) is 0 Å². The molecule has 0 spiro atoms. The van der Waals surface area contributed by atoms with E-state index < -0.39 is 0 Å². The topological polar surface area (TPSA) is 67.4 Å². The van der Waals surface area contributed by atoms with Crippen LogP contribution in [-0.2, 0) is 9.53 Å². The van der Waals surface area contributed by atoms with Crippen LogP contribution in [0.5, 0.6) is 0 Å². The number of benzene rings is 3. The van der Waals surface area contributed by atoms with Crippen molar-refractivity contribution in [3.05, 3.63) is 83.4 Å². The molecule has 3 aromatic rings. The third-order valence-electron chi connectivity index (χ3n) is 4.79. The van der Waals surface area contributed by atoms with Gasteiger partial charge in [0.15, 0.2) is 0 Å². The van der Waals surface area contributed by atoms with Gasteiger partial charge >= 0.3 is 0 Å². The van der Waals surface area contributed by atoms with Gasteiger partial charge in [0.25, 0.3) is 5.91 Å². The minimum Gasteiger partial charge on any atom is -0.383 e. The fraction of sp³-hybridized carbons (Fsp3) is 0.231. The zero-order valence-electron chi connectivity index (χ0n) is 19.0. The van der Waals surface area contributed by atoms with Crippen molar-refractivity contribution in [1.29, 1.82) is 0 Å². The Morgan fingerprint density at radius 3 is 2.42 bits per heavy atom. The van der Waals surface area contributed by atoms with Crippen molar-refractivity contribution >= 4 is 41.0 Å². The summed E-state index contributed by atoms with van der Waals surface area (Å²) >= 11 is 3.04. The quantitative estimate of drug-likeness (QED) is 0.294. The number of ether oxygens (including phenoxy) is 1. The summed E-state index contributed by atoms with van der Waals surface area (Å²) in [5.74, 6) is -0.0601. The van der Waals surface area contributed by atoms with E-state index in [9.17, 15) is 9.59 Å². The summed E-state index contributed by atoms with van der Waals surface area (Å²) in [5.41, 5.74) is 3.77. The molecule has 2 amide bonds. The number of nitrogens with one attached hydrogen (secondary N) is 2. The van der Waals surface area contributed by atoms with Crippen LogP contribution in [0.1, 0.15) is 21.5 Å². The van der Waals surface area contributed by atoms with Crippen molar-refractivity contribution in [3.63, 3.8) is 0 Å². The number of carbonyl (C=O) groups excluding carboxylic acids is 2. The van der Waals surface area contributed by atoms with E-state index in [4.69, 9.17) is 4.74 Å². The maximum atomic E-state index is 12.9. The number of hydrogen-bond donors (Lipinski definition) is 2. The molecule has 0 radical (unpaired) electrons. The molecule has 7 heteroatoms. The fourth-order valence-corrected chi connectivity index (χ4v) is 4.87. The lowest BCUT2D eigenvalue weighted by atomic mass is 10.2.